The minimum absolute atomic E-state index is 0.0832. The second kappa shape index (κ2) is 18.7. The molecule has 0 heterocycles. The monoisotopic (exact) mass is 1190 g/mol. The molecular formula is C39H25F18IO6S4. The third kappa shape index (κ3) is 9.51. The van der Waals surface area contributed by atoms with Gasteiger partial charge in [0.2, 0.25) is 0 Å². The van der Waals surface area contributed by atoms with Crippen molar-refractivity contribution in [1.82, 2.24) is 0 Å². The van der Waals surface area contributed by atoms with Crippen LogP contribution >= 0.6 is 42.3 Å². The van der Waals surface area contributed by atoms with Gasteiger partial charge in [0.1, 0.15) is 0 Å². The maximum absolute atomic E-state index is 15.2. The molecule has 374 valence electrons. The molecule has 0 aliphatic carbocycles. The Bertz CT molecular complexity index is 2760. The molecule has 0 aliphatic heterocycles. The Labute approximate surface area is 386 Å². The number of hydrogen-bond acceptors (Lipinski definition) is 7. The first kappa shape index (κ1) is 55.0. The van der Waals surface area contributed by atoms with Crippen molar-refractivity contribution >= 4 is 62.5 Å². The molecular weight excluding hydrogens is 1160 g/mol. The third-order valence-corrected chi connectivity index (χ3v) is 23.0. The summed E-state index contributed by atoms with van der Waals surface area (Å²) >= 11 is -3.81. The number of halogens is 19. The topological polar surface area (TPSA) is 86.7 Å². The van der Waals surface area contributed by atoms with E-state index < -0.39 is 102 Å². The van der Waals surface area contributed by atoms with E-state index in [9.17, 15) is 87.1 Å². The predicted molar refractivity (Wildman–Crippen MR) is 217 cm³/mol. The Balaban J connectivity index is 1.55. The van der Waals surface area contributed by atoms with Crippen molar-refractivity contribution in [3.8, 4) is 0 Å². The van der Waals surface area contributed by atoms with E-state index in [1.54, 1.807) is 0 Å². The summed E-state index contributed by atoms with van der Waals surface area (Å²) in [5.41, 5.74) is 0.0832. The molecule has 0 bridgehead atoms. The molecule has 0 amide bonds. The van der Waals surface area contributed by atoms with Crippen molar-refractivity contribution in [3.63, 3.8) is 0 Å². The summed E-state index contributed by atoms with van der Waals surface area (Å²) in [6.45, 7) is 1.27. The molecule has 6 nitrogen and oxygen atoms in total. The van der Waals surface area contributed by atoms with E-state index in [1.165, 1.54) is 61.5 Å². The molecule has 0 saturated carbocycles. The van der Waals surface area contributed by atoms with Gasteiger partial charge in [-0.3, -0.25) is 0 Å². The van der Waals surface area contributed by atoms with Gasteiger partial charge in [0.05, 0.1) is 0 Å². The summed E-state index contributed by atoms with van der Waals surface area (Å²) < 4.78 is 311. The zero-order chi connectivity index (χ0) is 51.4. The Morgan fingerprint density at radius 2 is 0.779 bits per heavy atom. The van der Waals surface area contributed by atoms with Crippen LogP contribution in [0.15, 0.2) is 158 Å². The predicted octanol–water partition coefficient (Wildman–Crippen LogP) is 14.3. The average molecular weight is 1190 g/mol. The summed E-state index contributed by atoms with van der Waals surface area (Å²) in [5, 5.41) is -14.4. The van der Waals surface area contributed by atoms with Crippen molar-refractivity contribution in [1.29, 1.82) is 0 Å². The van der Waals surface area contributed by atoms with Gasteiger partial charge in [-0.1, -0.05) is 36.4 Å². The van der Waals surface area contributed by atoms with Crippen molar-refractivity contribution < 1.29 is 102 Å². The third-order valence-electron chi connectivity index (χ3n) is 9.01. The molecule has 0 saturated heterocycles. The quantitative estimate of drug-likeness (QED) is 0.0677. The van der Waals surface area contributed by atoms with Crippen LogP contribution in [-0.4, -0.2) is 63.4 Å². The van der Waals surface area contributed by atoms with Gasteiger partial charge >= 0.3 is 304 Å². The molecule has 5 aromatic rings. The van der Waals surface area contributed by atoms with Gasteiger partial charge in [-0.05, 0) is 0 Å². The van der Waals surface area contributed by atoms with Crippen LogP contribution in [0.1, 0.15) is 5.56 Å². The fourth-order valence-corrected chi connectivity index (χ4v) is 18.8. The first-order chi connectivity index (χ1) is 30.9. The molecule has 0 unspecified atom stereocenters. The Kier molecular flexibility index (Phi) is 15.1. The fraction of sp³-hybridized carbons (Fsp3) is 0.231. The number of benzene rings is 5. The van der Waals surface area contributed by atoms with E-state index in [0.29, 0.717) is 0 Å². The second-order valence-electron chi connectivity index (χ2n) is 13.6. The van der Waals surface area contributed by atoms with Gasteiger partial charge in [-0.25, -0.2) is 0 Å². The molecule has 68 heavy (non-hydrogen) atoms. The zero-order valence-corrected chi connectivity index (χ0v) is 38.4. The van der Waals surface area contributed by atoms with Crippen LogP contribution in [0.2, 0.25) is 0 Å². The normalized spacial score (nSPS) is 14.7. The van der Waals surface area contributed by atoms with Gasteiger partial charge in [-0.2, -0.15) is 47.9 Å². The van der Waals surface area contributed by atoms with Crippen LogP contribution in [-0.2, 0) is 26.4 Å². The Hall–Kier alpha value is -3.91. The zero-order valence-electron chi connectivity index (χ0n) is 33.0. The van der Waals surface area contributed by atoms with E-state index in [0.717, 1.165) is 90.6 Å². The summed E-state index contributed by atoms with van der Waals surface area (Å²) in [6, 6.07) is 25.0. The van der Waals surface area contributed by atoms with Gasteiger partial charge in [0.25, 0.3) is 0 Å². The molecule has 29 heteroatoms. The summed E-state index contributed by atoms with van der Waals surface area (Å²) in [4.78, 5) is -0.995. The Morgan fingerprint density at radius 3 is 1.18 bits per heavy atom. The van der Waals surface area contributed by atoms with E-state index in [2.05, 4.69) is 2.51 Å². The molecule has 0 atom stereocenters. The van der Waals surface area contributed by atoms with Crippen LogP contribution in [0.5, 0.6) is 0 Å². The molecule has 0 radical (unpaired) electrons. The number of rotatable bonds is 17. The van der Waals surface area contributed by atoms with E-state index in [4.69, 9.17) is 3.63 Å². The van der Waals surface area contributed by atoms with E-state index in [1.807, 2.05) is 0 Å². The molecule has 0 aromatic heterocycles. The van der Waals surface area contributed by atoms with Crippen molar-refractivity contribution in [3.05, 3.63) is 146 Å². The Morgan fingerprint density at radius 1 is 0.426 bits per heavy atom. The van der Waals surface area contributed by atoms with E-state index in [-0.39, 0.29) is 32.3 Å². The standard InChI is InChI=1S/C39H25F18IO6S4/c1-24-10-8-9-15-31(24)58(63-67(59,60)38(54,55)34(44,45)32(40,41)36(48,49)50)25-16-18-26(19-17-25)65-27-20-22-30(23-21-27)66(28-11-4-2-5-12-28,29-13-6-3-7-14-29)64-68(61,62)39(56,57)35(46,47)33(42,43)37(51,52)53/h2-23H,1H3. The number of hydrogen-bond donors (Lipinski definition) is 0. The van der Waals surface area contributed by atoms with Gasteiger partial charge in [-0.15, -0.1) is 0 Å². The van der Waals surface area contributed by atoms with Crippen LogP contribution < -0.4 is 0 Å². The van der Waals surface area contributed by atoms with Crippen molar-refractivity contribution in [2.24, 2.45) is 0 Å². The summed E-state index contributed by atoms with van der Waals surface area (Å²) in [5.74, 6) is -30.4. The van der Waals surface area contributed by atoms with Crippen molar-refractivity contribution in [2.75, 3.05) is 0 Å². The second-order valence-corrected chi connectivity index (χ2v) is 25.7. The van der Waals surface area contributed by atoms with Gasteiger partial charge < -0.3 is 0 Å². The molecule has 5 aromatic carbocycles. The summed E-state index contributed by atoms with van der Waals surface area (Å²) in [6.07, 6.45) is -14.7. The van der Waals surface area contributed by atoms with Crippen LogP contribution in [0, 0.1) is 14.1 Å². The van der Waals surface area contributed by atoms with Crippen LogP contribution in [0.3, 0.4) is 0 Å². The van der Waals surface area contributed by atoms with E-state index >= 15 is 8.78 Å². The SMILES string of the molecule is Cc1ccccc1I(OS(=O)(=O)C(F)(F)C(F)(F)C(F)(F)C(F)(F)F)c1ccc(Sc2ccc(S(OS(=O)(=O)C(F)(F)C(F)(F)C(F)(F)C(F)(F)F)(c3ccccc3)c3ccccc3)cc2)cc1. The fourth-order valence-electron chi connectivity index (χ4n) is 5.47. The summed E-state index contributed by atoms with van der Waals surface area (Å²) in [7, 11) is -19.3. The van der Waals surface area contributed by atoms with Crippen LogP contribution in [0.4, 0.5) is 79.0 Å². The molecule has 5 rings (SSSR count). The maximum atomic E-state index is 15.2. The first-order valence-electron chi connectivity index (χ1n) is 17.8. The first-order valence-corrected chi connectivity index (χ1v) is 26.1. The number of aryl methyl sites for hydroxylation is 1. The van der Waals surface area contributed by atoms with Gasteiger partial charge in [0.15, 0.2) is 0 Å². The minimum atomic E-state index is -7.65. The van der Waals surface area contributed by atoms with Crippen molar-refractivity contribution in [2.45, 2.75) is 78.0 Å². The molecule has 0 spiro atoms. The van der Waals surface area contributed by atoms with Crippen LogP contribution in [0.25, 0.3) is 0 Å². The molecule has 0 N–H and O–H groups in total. The van der Waals surface area contributed by atoms with Gasteiger partial charge in [0, 0.05) is 0 Å². The number of alkyl halides is 18. The average Bonchev–Trinajstić information content (AvgIpc) is 3.25. The molecule has 0 aliphatic rings. The molecule has 0 fully saturated rings.